The summed E-state index contributed by atoms with van der Waals surface area (Å²) in [7, 11) is 0. The predicted octanol–water partition coefficient (Wildman–Crippen LogP) is 1.61. The van der Waals surface area contributed by atoms with Gasteiger partial charge in [0.2, 0.25) is 0 Å². The lowest BCUT2D eigenvalue weighted by Crippen LogP contribution is -2.62. The van der Waals surface area contributed by atoms with Crippen LogP contribution in [-0.4, -0.2) is 33.6 Å². The van der Waals surface area contributed by atoms with Crippen LogP contribution in [0.4, 0.5) is 4.79 Å². The first-order valence-electron chi connectivity index (χ1n) is 6.01. The van der Waals surface area contributed by atoms with Crippen LogP contribution >= 0.6 is 38.5 Å². The minimum Gasteiger partial charge on any atom is -0.314 e. The number of rotatable bonds is 0. The van der Waals surface area contributed by atoms with Crippen LogP contribution in [0.3, 0.4) is 0 Å². The zero-order chi connectivity index (χ0) is 13.4. The SMILES string of the molecule is O=C1NC2n3c(cc(Br)c3I)C(=O)N3CCCC23N1. The van der Waals surface area contributed by atoms with Gasteiger partial charge in [0.15, 0.2) is 11.8 Å². The first kappa shape index (κ1) is 12.0. The Hall–Kier alpha value is -0.770. The number of carbonyl (C=O) groups is 2. The Bertz CT molecular complexity index is 630. The first-order valence-corrected chi connectivity index (χ1v) is 7.89. The van der Waals surface area contributed by atoms with Crippen molar-refractivity contribution in [1.82, 2.24) is 20.1 Å². The van der Waals surface area contributed by atoms with E-state index in [1.165, 1.54) is 0 Å². The molecule has 0 aliphatic carbocycles. The molecule has 2 unspecified atom stereocenters. The Morgan fingerprint density at radius 3 is 3.05 bits per heavy atom. The molecule has 1 spiro atoms. The number of nitrogens with zero attached hydrogens (tertiary/aromatic N) is 2. The highest BCUT2D eigenvalue weighted by molar-refractivity contribution is 14.1. The van der Waals surface area contributed by atoms with E-state index in [0.717, 1.165) is 21.0 Å². The van der Waals surface area contributed by atoms with E-state index in [2.05, 4.69) is 49.2 Å². The fraction of sp³-hybridized carbons (Fsp3) is 0.455. The number of hydrogen-bond donors (Lipinski definition) is 2. The third kappa shape index (κ3) is 1.31. The van der Waals surface area contributed by atoms with Gasteiger partial charge in [-0.3, -0.25) is 4.79 Å². The Morgan fingerprint density at radius 2 is 2.26 bits per heavy atom. The molecular formula is C11H10BrIN4O2. The van der Waals surface area contributed by atoms with Crippen LogP contribution in [0.25, 0.3) is 0 Å². The summed E-state index contributed by atoms with van der Waals surface area (Å²) < 4.78 is 3.74. The maximum atomic E-state index is 12.6. The molecule has 0 aromatic carbocycles. The molecule has 4 heterocycles. The van der Waals surface area contributed by atoms with Crippen molar-refractivity contribution in [2.75, 3.05) is 6.54 Å². The van der Waals surface area contributed by atoms with Crippen LogP contribution < -0.4 is 10.6 Å². The Balaban J connectivity index is 2.00. The number of aromatic nitrogens is 1. The van der Waals surface area contributed by atoms with E-state index in [4.69, 9.17) is 0 Å². The number of carbonyl (C=O) groups excluding carboxylic acids is 2. The highest BCUT2D eigenvalue weighted by Crippen LogP contribution is 2.45. The lowest BCUT2D eigenvalue weighted by atomic mass is 10.0. The fourth-order valence-electron chi connectivity index (χ4n) is 3.39. The van der Waals surface area contributed by atoms with Crippen molar-refractivity contribution in [2.45, 2.75) is 24.7 Å². The highest BCUT2D eigenvalue weighted by atomic mass is 127. The van der Waals surface area contributed by atoms with Crippen molar-refractivity contribution in [3.63, 3.8) is 0 Å². The summed E-state index contributed by atoms with van der Waals surface area (Å²) in [4.78, 5) is 26.2. The average Bonchev–Trinajstić information content (AvgIpc) is 2.99. The van der Waals surface area contributed by atoms with Gasteiger partial charge in [-0.05, 0) is 57.4 Å². The van der Waals surface area contributed by atoms with E-state index in [0.29, 0.717) is 12.2 Å². The van der Waals surface area contributed by atoms with E-state index in [1.807, 2.05) is 10.6 Å². The van der Waals surface area contributed by atoms with Crippen molar-refractivity contribution in [3.05, 3.63) is 19.9 Å². The van der Waals surface area contributed by atoms with Crippen LogP contribution in [0.2, 0.25) is 0 Å². The van der Waals surface area contributed by atoms with E-state index >= 15 is 0 Å². The topological polar surface area (TPSA) is 66.4 Å². The molecule has 1 aromatic heterocycles. The predicted molar refractivity (Wildman–Crippen MR) is 78.6 cm³/mol. The van der Waals surface area contributed by atoms with Gasteiger partial charge in [-0.1, -0.05) is 0 Å². The summed E-state index contributed by atoms with van der Waals surface area (Å²) >= 11 is 5.65. The molecule has 2 fully saturated rings. The number of hydrogen-bond acceptors (Lipinski definition) is 2. The van der Waals surface area contributed by atoms with Crippen LogP contribution in [0.5, 0.6) is 0 Å². The van der Waals surface area contributed by atoms with Gasteiger partial charge < -0.3 is 20.1 Å². The van der Waals surface area contributed by atoms with Gasteiger partial charge in [0.1, 0.15) is 5.69 Å². The summed E-state index contributed by atoms with van der Waals surface area (Å²) in [5.41, 5.74) is 0.0299. The second-order valence-electron chi connectivity index (χ2n) is 5.02. The second kappa shape index (κ2) is 3.66. The third-order valence-electron chi connectivity index (χ3n) is 4.13. The van der Waals surface area contributed by atoms with Crippen molar-refractivity contribution in [1.29, 1.82) is 0 Å². The van der Waals surface area contributed by atoms with Gasteiger partial charge in [0, 0.05) is 11.0 Å². The maximum absolute atomic E-state index is 12.6. The minimum atomic E-state index is -0.598. The summed E-state index contributed by atoms with van der Waals surface area (Å²) in [6.07, 6.45) is 1.47. The smallest absolute Gasteiger partial charge is 0.314 e. The molecule has 6 nitrogen and oxygen atoms in total. The average molecular weight is 437 g/mol. The molecule has 0 bridgehead atoms. The summed E-state index contributed by atoms with van der Waals surface area (Å²) in [6, 6.07) is 1.62. The molecule has 4 rings (SSSR count). The molecule has 0 saturated carbocycles. The summed E-state index contributed by atoms with van der Waals surface area (Å²) in [5.74, 6) is -0.0126. The van der Waals surface area contributed by atoms with E-state index in [-0.39, 0.29) is 18.1 Å². The zero-order valence-electron chi connectivity index (χ0n) is 9.74. The van der Waals surface area contributed by atoms with E-state index in [1.54, 1.807) is 4.90 Å². The number of amides is 3. The van der Waals surface area contributed by atoms with Gasteiger partial charge in [0.05, 0.1) is 3.70 Å². The number of fused-ring (bicyclic) bond motifs is 2. The van der Waals surface area contributed by atoms with Crippen molar-refractivity contribution < 1.29 is 9.59 Å². The van der Waals surface area contributed by atoms with Gasteiger partial charge in [-0.25, -0.2) is 4.79 Å². The molecule has 2 N–H and O–H groups in total. The molecule has 100 valence electrons. The molecule has 1 aromatic rings. The zero-order valence-corrected chi connectivity index (χ0v) is 13.5. The second-order valence-corrected chi connectivity index (χ2v) is 6.90. The summed E-state index contributed by atoms with van der Waals surface area (Å²) in [6.45, 7) is 0.691. The Morgan fingerprint density at radius 1 is 1.47 bits per heavy atom. The highest BCUT2D eigenvalue weighted by Gasteiger charge is 2.59. The monoisotopic (exact) mass is 436 g/mol. The molecule has 2 saturated heterocycles. The summed E-state index contributed by atoms with van der Waals surface area (Å²) in [5, 5.41) is 5.90. The fourth-order valence-corrected chi connectivity index (χ4v) is 4.49. The molecule has 3 aliphatic heterocycles. The largest absolute Gasteiger partial charge is 0.318 e. The minimum absolute atomic E-state index is 0.0126. The Labute approximate surface area is 131 Å². The van der Waals surface area contributed by atoms with Crippen LogP contribution in [0, 0.1) is 3.70 Å². The van der Waals surface area contributed by atoms with Gasteiger partial charge in [0.25, 0.3) is 5.91 Å². The van der Waals surface area contributed by atoms with Crippen LogP contribution in [0.1, 0.15) is 29.5 Å². The quantitative estimate of drug-likeness (QED) is 0.607. The van der Waals surface area contributed by atoms with Gasteiger partial charge in [-0.2, -0.15) is 0 Å². The lowest BCUT2D eigenvalue weighted by molar-refractivity contribution is 0.0307. The van der Waals surface area contributed by atoms with E-state index < -0.39 is 5.66 Å². The Kier molecular flexibility index (Phi) is 2.31. The molecule has 8 heteroatoms. The van der Waals surface area contributed by atoms with Gasteiger partial charge >= 0.3 is 6.03 Å². The third-order valence-corrected chi connectivity index (χ3v) is 6.57. The van der Waals surface area contributed by atoms with Crippen LogP contribution in [-0.2, 0) is 0 Å². The molecule has 3 aliphatic rings. The molecule has 19 heavy (non-hydrogen) atoms. The normalized spacial score (nSPS) is 31.7. The van der Waals surface area contributed by atoms with Gasteiger partial charge in [-0.15, -0.1) is 0 Å². The maximum Gasteiger partial charge on any atom is 0.318 e. The number of nitrogens with one attached hydrogen (secondary N) is 2. The number of urea groups is 1. The standard InChI is InChI=1S/C11H10BrIN4O2/c12-5-4-6-8(18)16-3-1-2-11(16)9(14-10(19)15-11)17(6)7(5)13/h4,9H,1-3H2,(H2,14,15,19). The lowest BCUT2D eigenvalue weighted by Gasteiger charge is -2.43. The molecule has 0 radical (unpaired) electrons. The molecular weight excluding hydrogens is 427 g/mol. The first-order chi connectivity index (χ1) is 9.04. The van der Waals surface area contributed by atoms with Crippen molar-refractivity contribution >= 4 is 50.5 Å². The molecule has 2 atom stereocenters. The molecule has 3 amide bonds. The van der Waals surface area contributed by atoms with E-state index in [9.17, 15) is 9.59 Å². The van der Waals surface area contributed by atoms with Crippen molar-refractivity contribution in [3.8, 4) is 0 Å². The van der Waals surface area contributed by atoms with Crippen molar-refractivity contribution in [2.24, 2.45) is 0 Å². The van der Waals surface area contributed by atoms with Crippen LogP contribution in [0.15, 0.2) is 10.5 Å². The number of halogens is 2.